The van der Waals surface area contributed by atoms with Crippen molar-refractivity contribution in [3.05, 3.63) is 29.3 Å². The minimum absolute atomic E-state index is 0.116. The van der Waals surface area contributed by atoms with Gasteiger partial charge in [0.15, 0.2) is 0 Å². The van der Waals surface area contributed by atoms with Crippen LogP contribution in [0.4, 0.5) is 5.69 Å². The Balaban J connectivity index is 2.47. The Morgan fingerprint density at radius 3 is 2.76 bits per heavy atom. The van der Waals surface area contributed by atoms with Gasteiger partial charge in [0.2, 0.25) is 0 Å². The number of carbonyl (C=O) groups is 1. The van der Waals surface area contributed by atoms with E-state index in [2.05, 4.69) is 5.32 Å². The van der Waals surface area contributed by atoms with Crippen molar-refractivity contribution < 1.29 is 9.00 Å². The summed E-state index contributed by atoms with van der Waals surface area (Å²) in [7, 11) is -0.799. The van der Waals surface area contributed by atoms with E-state index in [1.54, 1.807) is 24.5 Å². The summed E-state index contributed by atoms with van der Waals surface area (Å²) in [5.74, 6) is 0.496. The number of rotatable bonds is 5. The first kappa shape index (κ1) is 13.7. The molecule has 0 bridgehead atoms. The summed E-state index contributed by atoms with van der Waals surface area (Å²) in [6, 6.07) is 5.20. The van der Waals surface area contributed by atoms with Crippen LogP contribution in [0.2, 0.25) is 0 Å². The molecule has 0 aliphatic heterocycles. The van der Waals surface area contributed by atoms with E-state index in [0.29, 0.717) is 23.5 Å². The van der Waals surface area contributed by atoms with Crippen LogP contribution >= 0.6 is 0 Å². The van der Waals surface area contributed by atoms with Gasteiger partial charge in [-0.25, -0.2) is 0 Å². The van der Waals surface area contributed by atoms with Gasteiger partial charge in [0.1, 0.15) is 0 Å². The lowest BCUT2D eigenvalue weighted by Gasteiger charge is -2.06. The van der Waals surface area contributed by atoms with Crippen LogP contribution in [0.25, 0.3) is 0 Å². The van der Waals surface area contributed by atoms with Gasteiger partial charge in [-0.15, -0.1) is 0 Å². The predicted octanol–water partition coefficient (Wildman–Crippen LogP) is 1.08. The minimum Gasteiger partial charge on any atom is -0.399 e. The van der Waals surface area contributed by atoms with Gasteiger partial charge in [0.05, 0.1) is 0 Å². The third kappa shape index (κ3) is 4.56. The fourth-order valence-electron chi connectivity index (χ4n) is 1.40. The number of aryl methyl sites for hydroxylation is 1. The van der Waals surface area contributed by atoms with Crippen LogP contribution in [-0.4, -0.2) is 28.7 Å². The molecular weight excluding hydrogens is 236 g/mol. The quantitative estimate of drug-likeness (QED) is 0.610. The molecule has 0 fully saturated rings. The summed E-state index contributed by atoms with van der Waals surface area (Å²) in [5.41, 5.74) is 7.86. The summed E-state index contributed by atoms with van der Waals surface area (Å²) in [6.45, 7) is 2.41. The fourth-order valence-corrected chi connectivity index (χ4v) is 1.95. The monoisotopic (exact) mass is 254 g/mol. The third-order valence-corrected chi connectivity index (χ3v) is 3.29. The molecule has 1 atom stereocenters. The van der Waals surface area contributed by atoms with Crippen molar-refractivity contribution in [3.63, 3.8) is 0 Å². The summed E-state index contributed by atoms with van der Waals surface area (Å²) >= 11 is 0. The largest absolute Gasteiger partial charge is 0.399 e. The van der Waals surface area contributed by atoms with Gasteiger partial charge in [0, 0.05) is 40.6 Å². The summed E-state index contributed by atoms with van der Waals surface area (Å²) < 4.78 is 10.8. The number of hydrogen-bond donors (Lipinski definition) is 2. The van der Waals surface area contributed by atoms with Gasteiger partial charge in [0.25, 0.3) is 5.91 Å². The van der Waals surface area contributed by atoms with Crippen LogP contribution in [0.5, 0.6) is 0 Å². The maximum absolute atomic E-state index is 11.7. The summed E-state index contributed by atoms with van der Waals surface area (Å²) in [5, 5.41) is 2.79. The van der Waals surface area contributed by atoms with Gasteiger partial charge >= 0.3 is 0 Å². The highest BCUT2D eigenvalue weighted by Crippen LogP contribution is 2.12. The number of hydrogen-bond acceptors (Lipinski definition) is 3. The lowest BCUT2D eigenvalue weighted by Crippen LogP contribution is -2.25. The molecule has 0 aromatic heterocycles. The molecule has 0 saturated carbocycles. The molecule has 1 unspecified atom stereocenters. The zero-order valence-corrected chi connectivity index (χ0v) is 11.0. The lowest BCUT2D eigenvalue weighted by molar-refractivity contribution is 0.0953. The number of carbonyl (C=O) groups excluding carboxylic acids is 1. The Bertz CT molecular complexity index is 433. The van der Waals surface area contributed by atoms with E-state index in [9.17, 15) is 9.00 Å². The van der Waals surface area contributed by atoms with E-state index in [-0.39, 0.29) is 5.91 Å². The zero-order valence-electron chi connectivity index (χ0n) is 10.2. The smallest absolute Gasteiger partial charge is 0.251 e. The predicted molar refractivity (Wildman–Crippen MR) is 71.5 cm³/mol. The van der Waals surface area contributed by atoms with E-state index in [1.165, 1.54) is 0 Å². The lowest BCUT2D eigenvalue weighted by atomic mass is 10.1. The van der Waals surface area contributed by atoms with Crippen molar-refractivity contribution in [2.45, 2.75) is 13.3 Å². The molecule has 5 heteroatoms. The summed E-state index contributed by atoms with van der Waals surface area (Å²) in [6.07, 6.45) is 2.38. The number of nitrogens with two attached hydrogens (primary N) is 1. The van der Waals surface area contributed by atoms with Crippen molar-refractivity contribution in [1.29, 1.82) is 0 Å². The van der Waals surface area contributed by atoms with Crippen LogP contribution in [0, 0.1) is 6.92 Å². The molecule has 1 aromatic rings. The first-order chi connectivity index (χ1) is 8.00. The van der Waals surface area contributed by atoms with Crippen LogP contribution in [0.3, 0.4) is 0 Å². The molecule has 0 heterocycles. The van der Waals surface area contributed by atoms with Gasteiger partial charge in [-0.1, -0.05) is 0 Å². The van der Waals surface area contributed by atoms with E-state index in [0.717, 1.165) is 12.0 Å². The Morgan fingerprint density at radius 2 is 2.18 bits per heavy atom. The molecule has 0 aliphatic rings. The van der Waals surface area contributed by atoms with Gasteiger partial charge < -0.3 is 11.1 Å². The molecule has 0 spiro atoms. The van der Waals surface area contributed by atoms with E-state index >= 15 is 0 Å². The first-order valence-electron chi connectivity index (χ1n) is 5.45. The van der Waals surface area contributed by atoms with Gasteiger partial charge in [-0.3, -0.25) is 9.00 Å². The van der Waals surface area contributed by atoms with E-state index in [1.807, 2.05) is 6.92 Å². The van der Waals surface area contributed by atoms with Crippen LogP contribution in [0.1, 0.15) is 22.3 Å². The van der Waals surface area contributed by atoms with E-state index < -0.39 is 10.8 Å². The highest BCUT2D eigenvalue weighted by Gasteiger charge is 2.05. The molecule has 4 nitrogen and oxygen atoms in total. The average molecular weight is 254 g/mol. The van der Waals surface area contributed by atoms with Crippen molar-refractivity contribution in [2.24, 2.45) is 0 Å². The van der Waals surface area contributed by atoms with Crippen molar-refractivity contribution >= 4 is 22.4 Å². The second-order valence-corrected chi connectivity index (χ2v) is 5.51. The van der Waals surface area contributed by atoms with Gasteiger partial charge in [-0.05, 0) is 37.1 Å². The molecule has 1 amide bonds. The number of amides is 1. The van der Waals surface area contributed by atoms with Crippen molar-refractivity contribution in [1.82, 2.24) is 5.32 Å². The molecular formula is C12H18N2O2S. The minimum atomic E-state index is -0.799. The highest BCUT2D eigenvalue weighted by molar-refractivity contribution is 7.84. The molecule has 0 radical (unpaired) electrons. The summed E-state index contributed by atoms with van der Waals surface area (Å²) in [4.78, 5) is 11.7. The molecule has 94 valence electrons. The van der Waals surface area contributed by atoms with Crippen LogP contribution < -0.4 is 11.1 Å². The van der Waals surface area contributed by atoms with Crippen LogP contribution in [0.15, 0.2) is 18.2 Å². The normalized spacial score (nSPS) is 12.1. The standard InChI is InChI=1S/C12H18N2O2S/c1-9-8-10(4-5-11(9)13)12(15)14-6-3-7-17(2)16/h4-5,8H,3,6-7,13H2,1-2H3,(H,14,15). The number of nitrogen functional groups attached to an aromatic ring is 1. The maximum Gasteiger partial charge on any atom is 0.251 e. The van der Waals surface area contributed by atoms with Crippen molar-refractivity contribution in [3.8, 4) is 0 Å². The molecule has 17 heavy (non-hydrogen) atoms. The SMILES string of the molecule is Cc1cc(C(=O)NCCCS(C)=O)ccc1N. The van der Waals surface area contributed by atoms with Crippen molar-refractivity contribution in [2.75, 3.05) is 24.3 Å². The third-order valence-electron chi connectivity index (χ3n) is 2.43. The van der Waals surface area contributed by atoms with E-state index in [4.69, 9.17) is 5.73 Å². The molecule has 1 aromatic carbocycles. The second-order valence-electron chi connectivity index (χ2n) is 3.96. The molecule has 0 saturated heterocycles. The fraction of sp³-hybridized carbons (Fsp3) is 0.417. The Hall–Kier alpha value is -1.36. The number of benzene rings is 1. The first-order valence-corrected chi connectivity index (χ1v) is 7.18. The molecule has 1 rings (SSSR count). The number of nitrogens with one attached hydrogen (secondary N) is 1. The van der Waals surface area contributed by atoms with Crippen LogP contribution in [-0.2, 0) is 10.8 Å². The average Bonchev–Trinajstić information content (AvgIpc) is 2.27. The molecule has 3 N–H and O–H groups in total. The second kappa shape index (κ2) is 6.39. The van der Waals surface area contributed by atoms with Gasteiger partial charge in [-0.2, -0.15) is 0 Å². The Labute approximate surface area is 104 Å². The Kier molecular flexibility index (Phi) is 5.15. The number of anilines is 1. The zero-order chi connectivity index (χ0) is 12.8. The highest BCUT2D eigenvalue weighted by atomic mass is 32.2. The Morgan fingerprint density at radius 1 is 1.47 bits per heavy atom. The molecule has 0 aliphatic carbocycles. The maximum atomic E-state index is 11.7. The topological polar surface area (TPSA) is 72.2 Å².